The van der Waals surface area contributed by atoms with Crippen LogP contribution in [0.3, 0.4) is 0 Å². The molecule has 0 spiro atoms. The van der Waals surface area contributed by atoms with Crippen LogP contribution in [0.1, 0.15) is 86.7 Å². The van der Waals surface area contributed by atoms with Gasteiger partial charge in [-0.15, -0.1) is 0 Å². The Morgan fingerprint density at radius 3 is 2.37 bits per heavy atom. The Balaban J connectivity index is 0.000000621. The Kier molecular flexibility index (Phi) is 17.8. The van der Waals surface area contributed by atoms with E-state index in [2.05, 4.69) is 35.6 Å². The third kappa shape index (κ3) is 11.5. The average molecular weight is 750 g/mol. The van der Waals surface area contributed by atoms with Gasteiger partial charge in [0.05, 0.1) is 36.8 Å². The molecule has 1 fully saturated rings. The van der Waals surface area contributed by atoms with Gasteiger partial charge in [-0.3, -0.25) is 9.52 Å². The van der Waals surface area contributed by atoms with Crippen LogP contribution >= 0.6 is 11.6 Å². The highest BCUT2D eigenvalue weighted by Crippen LogP contribution is 2.44. The molecule has 2 heterocycles. The van der Waals surface area contributed by atoms with Crippen molar-refractivity contribution in [2.24, 2.45) is 23.7 Å². The Bertz CT molecular complexity index is 1430. The lowest BCUT2D eigenvalue weighted by atomic mass is 9.66. The van der Waals surface area contributed by atoms with E-state index in [1.54, 1.807) is 11.0 Å². The predicted octanol–water partition coefficient (Wildman–Crippen LogP) is 5.23. The first-order chi connectivity index (χ1) is 24.5. The van der Waals surface area contributed by atoms with E-state index < -0.39 is 11.0 Å². The minimum Gasteiger partial charge on any atom is -0.491 e. The quantitative estimate of drug-likeness (QED) is 0.281. The Morgan fingerprint density at radius 2 is 1.78 bits per heavy atom. The van der Waals surface area contributed by atoms with Crippen LogP contribution < -0.4 is 14.4 Å². The Hall–Kier alpha value is -2.54. The van der Waals surface area contributed by atoms with Gasteiger partial charge in [-0.25, -0.2) is 4.21 Å². The van der Waals surface area contributed by atoms with Crippen LogP contribution in [0.4, 0.5) is 5.69 Å². The summed E-state index contributed by atoms with van der Waals surface area (Å²) in [5, 5.41) is 24.5. The zero-order valence-electron chi connectivity index (χ0n) is 31.2. The van der Waals surface area contributed by atoms with Gasteiger partial charge in [0.1, 0.15) is 23.0 Å². The first-order valence-corrected chi connectivity index (χ1v) is 19.9. The van der Waals surface area contributed by atoms with Crippen LogP contribution in [0.15, 0.2) is 36.4 Å². The van der Waals surface area contributed by atoms with Crippen molar-refractivity contribution >= 4 is 40.5 Å². The number of aryl methyl sites for hydroxylation is 1. The number of nitrogens with zero attached hydrogens (tertiary/aromatic N) is 2. The summed E-state index contributed by atoms with van der Waals surface area (Å²) in [6.45, 7) is 8.30. The van der Waals surface area contributed by atoms with Crippen LogP contribution in [-0.4, -0.2) is 102 Å². The van der Waals surface area contributed by atoms with E-state index in [1.807, 2.05) is 39.2 Å². The molecule has 2 bridgehead atoms. The number of hydrogen-bond donors (Lipinski definition) is 4. The van der Waals surface area contributed by atoms with Crippen LogP contribution in [0.25, 0.3) is 0 Å². The molecule has 12 heteroatoms. The average Bonchev–Trinajstić information content (AvgIpc) is 3.29. The lowest BCUT2D eigenvalue weighted by Gasteiger charge is -2.43. The van der Waals surface area contributed by atoms with Crippen molar-refractivity contribution in [2.45, 2.75) is 82.9 Å². The van der Waals surface area contributed by atoms with Gasteiger partial charge < -0.3 is 34.7 Å². The molecule has 7 atom stereocenters. The molecule has 0 radical (unpaired) electrons. The maximum absolute atomic E-state index is 13.3. The number of halogens is 1. The molecule has 2 aromatic rings. The van der Waals surface area contributed by atoms with Crippen molar-refractivity contribution in [3.63, 3.8) is 0 Å². The SMILES string of the molecule is CCCc1cc(Cl)ccc1C1COc2ccc3cc2N(C1)CC1CCC1C(C=O)CCCC(C)[C@H](C)S(=O)NC3=O.CN(C)C(CO)CO.CO. The summed E-state index contributed by atoms with van der Waals surface area (Å²) in [6, 6.07) is 11.6. The molecule has 1 amide bonds. The predicted molar refractivity (Wildman–Crippen MR) is 206 cm³/mol. The third-order valence-electron chi connectivity index (χ3n) is 10.8. The largest absolute Gasteiger partial charge is 0.491 e. The number of carbonyl (C=O) groups excluding carboxylic acids is 2. The monoisotopic (exact) mass is 749 g/mol. The van der Waals surface area contributed by atoms with Gasteiger partial charge in [-0.1, -0.05) is 44.4 Å². The highest BCUT2D eigenvalue weighted by molar-refractivity contribution is 7.84. The van der Waals surface area contributed by atoms with E-state index in [0.29, 0.717) is 24.0 Å². The van der Waals surface area contributed by atoms with Crippen LogP contribution in [0, 0.1) is 23.7 Å². The van der Waals surface area contributed by atoms with Crippen molar-refractivity contribution in [3.05, 3.63) is 58.1 Å². The van der Waals surface area contributed by atoms with Crippen molar-refractivity contribution < 1.29 is 33.9 Å². The fourth-order valence-corrected chi connectivity index (χ4v) is 8.49. The first-order valence-electron chi connectivity index (χ1n) is 18.3. The molecule has 6 unspecified atom stereocenters. The molecule has 5 rings (SSSR count). The fourth-order valence-electron chi connectivity index (χ4n) is 7.25. The van der Waals surface area contributed by atoms with Gasteiger partial charge in [0.2, 0.25) is 0 Å². The van der Waals surface area contributed by atoms with E-state index in [1.165, 1.54) is 17.4 Å². The van der Waals surface area contributed by atoms with Crippen LogP contribution in [0.5, 0.6) is 5.75 Å². The van der Waals surface area contributed by atoms with Gasteiger partial charge in [0.15, 0.2) is 0 Å². The number of aliphatic hydroxyl groups is 3. The number of likely N-dealkylation sites (N-methyl/N-ethyl adjacent to an activating group) is 1. The molecule has 3 aliphatic rings. The number of aldehydes is 1. The van der Waals surface area contributed by atoms with E-state index in [9.17, 15) is 13.8 Å². The van der Waals surface area contributed by atoms with Crippen molar-refractivity contribution in [2.75, 3.05) is 59.0 Å². The van der Waals surface area contributed by atoms with Gasteiger partial charge in [-0.2, -0.15) is 0 Å². The molecule has 0 saturated heterocycles. The number of rotatable bonds is 7. The number of ether oxygens (including phenoxy) is 1. The lowest BCUT2D eigenvalue weighted by Crippen LogP contribution is -2.43. The minimum absolute atomic E-state index is 0.0174. The second-order valence-electron chi connectivity index (χ2n) is 14.3. The maximum atomic E-state index is 13.3. The number of amides is 1. The van der Waals surface area contributed by atoms with Crippen LogP contribution in [0.2, 0.25) is 5.02 Å². The summed E-state index contributed by atoms with van der Waals surface area (Å²) in [6.07, 6.45) is 7.99. The number of anilines is 1. The summed E-state index contributed by atoms with van der Waals surface area (Å²) in [5.41, 5.74) is 3.87. The highest BCUT2D eigenvalue weighted by Gasteiger charge is 2.39. The number of benzene rings is 2. The van der Waals surface area contributed by atoms with Gasteiger partial charge >= 0.3 is 0 Å². The molecule has 1 saturated carbocycles. The minimum atomic E-state index is -1.51. The summed E-state index contributed by atoms with van der Waals surface area (Å²) in [7, 11) is 3.13. The van der Waals surface area contributed by atoms with Crippen molar-refractivity contribution in [1.82, 2.24) is 9.62 Å². The second-order valence-corrected chi connectivity index (χ2v) is 16.3. The van der Waals surface area contributed by atoms with E-state index >= 15 is 0 Å². The lowest BCUT2D eigenvalue weighted by molar-refractivity contribution is -0.115. The molecule has 0 aromatic heterocycles. The molecular weight excluding hydrogens is 690 g/mol. The topological polar surface area (TPSA) is 140 Å². The molecule has 4 N–H and O–H groups in total. The van der Waals surface area contributed by atoms with Crippen LogP contribution in [-0.2, 0) is 22.2 Å². The summed E-state index contributed by atoms with van der Waals surface area (Å²) in [4.78, 5) is 29.7. The van der Waals surface area contributed by atoms with Gasteiger partial charge in [0.25, 0.3) is 5.91 Å². The standard InChI is InChI=1S/C33H43ClN2O4S.C5H13NO2.CH4O/c1-4-6-23-15-28(34)11-13-29(23)27-18-36-17-25-9-12-30(25)26(19-37)8-5-7-21(2)22(3)41(39)35-33(38)24-10-14-32(40-20-27)31(36)16-24;1-6(2)5(3-7)4-8;1-2/h10-11,13-16,19,21-22,25-27,30H,4-9,12,17-18,20H2,1-3H3,(H,35,38);5,7-8H,3-4H2,1-2H3;2H,1H3/t21?,22-,25?,26?,27?,30?,41?;;/m0../s1. The van der Waals surface area contributed by atoms with Crippen molar-refractivity contribution in [3.8, 4) is 5.75 Å². The molecular formula is C39H60ClN3O7S. The van der Waals surface area contributed by atoms with Gasteiger partial charge in [0, 0.05) is 42.6 Å². The molecule has 1 aliphatic carbocycles. The van der Waals surface area contributed by atoms with E-state index in [0.717, 1.165) is 81.6 Å². The zero-order chi connectivity index (χ0) is 37.7. The maximum Gasteiger partial charge on any atom is 0.263 e. The number of nitrogens with one attached hydrogen (secondary N) is 1. The summed E-state index contributed by atoms with van der Waals surface area (Å²) >= 11 is 6.39. The van der Waals surface area contributed by atoms with E-state index in [4.69, 9.17) is 31.7 Å². The number of hydrogen-bond acceptors (Lipinski definition) is 9. The number of carbonyl (C=O) groups is 2. The molecule has 2 aliphatic heterocycles. The molecule has 10 nitrogen and oxygen atoms in total. The normalized spacial score (nSPS) is 26.5. The molecule has 2 aromatic carbocycles. The third-order valence-corrected chi connectivity index (χ3v) is 12.6. The highest BCUT2D eigenvalue weighted by atomic mass is 35.5. The summed E-state index contributed by atoms with van der Waals surface area (Å²) in [5.74, 6) is 1.54. The Morgan fingerprint density at radius 1 is 1.06 bits per heavy atom. The fraction of sp³-hybridized carbons (Fsp3) is 0.641. The molecule has 286 valence electrons. The second kappa shape index (κ2) is 21.2. The number of aliphatic hydroxyl groups excluding tert-OH is 3. The molecule has 51 heavy (non-hydrogen) atoms. The van der Waals surface area contributed by atoms with Crippen molar-refractivity contribution in [1.29, 1.82) is 0 Å². The smallest absolute Gasteiger partial charge is 0.263 e. The number of fused-ring (bicyclic) bond motifs is 2. The Labute approximate surface area is 312 Å². The first kappa shape index (κ1) is 42.9. The zero-order valence-corrected chi connectivity index (χ0v) is 32.8. The summed E-state index contributed by atoms with van der Waals surface area (Å²) < 4.78 is 22.3. The van der Waals surface area contributed by atoms with E-state index in [-0.39, 0.29) is 48.2 Å². The van der Waals surface area contributed by atoms with Gasteiger partial charge in [-0.05, 0) is 112 Å².